The summed E-state index contributed by atoms with van der Waals surface area (Å²) in [4.78, 5) is 36.0. The summed E-state index contributed by atoms with van der Waals surface area (Å²) < 4.78 is 9.96. The molecule has 1 aromatic heterocycles. The zero-order chi connectivity index (χ0) is 18.7. The highest BCUT2D eigenvalue weighted by molar-refractivity contribution is 6.05. The molecule has 1 amide bonds. The molecular formula is C19H15NO6. The van der Waals surface area contributed by atoms with Crippen LogP contribution < -0.4 is 10.9 Å². The maximum absolute atomic E-state index is 12.4. The molecule has 0 aliphatic heterocycles. The number of amides is 1. The van der Waals surface area contributed by atoms with Crippen molar-refractivity contribution in [1.82, 2.24) is 0 Å². The molecule has 0 radical (unpaired) electrons. The average molecular weight is 353 g/mol. The highest BCUT2D eigenvalue weighted by Gasteiger charge is 2.15. The number of ether oxygens (including phenoxy) is 1. The van der Waals surface area contributed by atoms with Crippen molar-refractivity contribution in [2.24, 2.45) is 0 Å². The normalized spacial score (nSPS) is 10.5. The van der Waals surface area contributed by atoms with E-state index in [1.807, 2.05) is 0 Å². The number of phenolic OH excluding ortho intramolecular Hbond substituents is 1. The van der Waals surface area contributed by atoms with E-state index >= 15 is 0 Å². The largest absolute Gasteiger partial charge is 0.508 e. The van der Waals surface area contributed by atoms with Gasteiger partial charge in [0.2, 0.25) is 0 Å². The first-order valence-corrected chi connectivity index (χ1v) is 7.83. The fourth-order valence-corrected chi connectivity index (χ4v) is 2.36. The van der Waals surface area contributed by atoms with Gasteiger partial charge in [0.1, 0.15) is 16.9 Å². The lowest BCUT2D eigenvalue weighted by Crippen LogP contribution is -2.20. The summed E-state index contributed by atoms with van der Waals surface area (Å²) >= 11 is 0. The van der Waals surface area contributed by atoms with Crippen LogP contribution in [-0.2, 0) is 4.74 Å². The van der Waals surface area contributed by atoms with Gasteiger partial charge in [0, 0.05) is 17.1 Å². The Morgan fingerprint density at radius 1 is 1.12 bits per heavy atom. The smallest absolute Gasteiger partial charge is 0.349 e. The number of nitrogens with one attached hydrogen (secondary N) is 1. The Balaban J connectivity index is 1.83. The van der Waals surface area contributed by atoms with Gasteiger partial charge in [-0.1, -0.05) is 0 Å². The van der Waals surface area contributed by atoms with E-state index < -0.39 is 17.5 Å². The minimum absolute atomic E-state index is 0.0421. The zero-order valence-corrected chi connectivity index (χ0v) is 13.8. The number of carbonyl (C=O) groups excluding carboxylic acids is 2. The third-order valence-electron chi connectivity index (χ3n) is 3.62. The Hall–Kier alpha value is -3.61. The van der Waals surface area contributed by atoms with Gasteiger partial charge in [-0.25, -0.2) is 9.59 Å². The molecular weight excluding hydrogens is 338 g/mol. The van der Waals surface area contributed by atoms with Gasteiger partial charge in [0.05, 0.1) is 12.2 Å². The SMILES string of the molecule is CCOC(=O)c1ccc(NC(=O)c2cc3ccc(O)cc3oc2=O)cc1. The Morgan fingerprint density at radius 3 is 2.54 bits per heavy atom. The molecule has 0 atom stereocenters. The number of carbonyl (C=O) groups is 2. The van der Waals surface area contributed by atoms with Crippen molar-refractivity contribution in [2.45, 2.75) is 6.92 Å². The summed E-state index contributed by atoms with van der Waals surface area (Å²) in [5, 5.41) is 12.5. The summed E-state index contributed by atoms with van der Waals surface area (Å²) in [6.07, 6.45) is 0. The highest BCUT2D eigenvalue weighted by atomic mass is 16.5. The van der Waals surface area contributed by atoms with E-state index in [0.29, 0.717) is 16.6 Å². The molecule has 7 heteroatoms. The van der Waals surface area contributed by atoms with Gasteiger partial charge in [0.25, 0.3) is 5.91 Å². The lowest BCUT2D eigenvalue weighted by Gasteiger charge is -2.07. The molecule has 7 nitrogen and oxygen atoms in total. The van der Waals surface area contributed by atoms with Crippen molar-refractivity contribution in [2.75, 3.05) is 11.9 Å². The second kappa shape index (κ2) is 7.10. The van der Waals surface area contributed by atoms with Gasteiger partial charge >= 0.3 is 11.6 Å². The first-order chi connectivity index (χ1) is 12.5. The second-order valence-electron chi connectivity index (χ2n) is 5.42. The van der Waals surface area contributed by atoms with E-state index in [0.717, 1.165) is 0 Å². The van der Waals surface area contributed by atoms with Crippen molar-refractivity contribution in [1.29, 1.82) is 0 Å². The number of phenols is 1. The minimum atomic E-state index is -0.816. The predicted octanol–water partition coefficient (Wildman–Crippen LogP) is 2.93. The molecule has 2 N–H and O–H groups in total. The Bertz CT molecular complexity index is 1040. The standard InChI is InChI=1S/C19H15NO6/c1-2-25-18(23)11-3-6-13(7-4-11)20-17(22)15-9-12-5-8-14(21)10-16(12)26-19(15)24/h3-10,21H,2H2,1H3,(H,20,22). The van der Waals surface area contributed by atoms with Crippen LogP contribution in [0.4, 0.5) is 5.69 Å². The van der Waals surface area contributed by atoms with E-state index in [1.165, 1.54) is 42.5 Å². The van der Waals surface area contributed by atoms with E-state index in [9.17, 15) is 19.5 Å². The van der Waals surface area contributed by atoms with Crippen molar-refractivity contribution in [3.05, 3.63) is 70.1 Å². The molecule has 0 aliphatic rings. The van der Waals surface area contributed by atoms with Crippen molar-refractivity contribution in [3.63, 3.8) is 0 Å². The van der Waals surface area contributed by atoms with Crippen molar-refractivity contribution >= 4 is 28.5 Å². The zero-order valence-electron chi connectivity index (χ0n) is 13.8. The minimum Gasteiger partial charge on any atom is -0.508 e. The molecule has 3 rings (SSSR count). The van der Waals surface area contributed by atoms with Crippen LogP contribution >= 0.6 is 0 Å². The maximum Gasteiger partial charge on any atom is 0.349 e. The summed E-state index contributed by atoms with van der Waals surface area (Å²) in [6.45, 7) is 1.98. The molecule has 0 aliphatic carbocycles. The monoisotopic (exact) mass is 353 g/mol. The van der Waals surface area contributed by atoms with Crippen LogP contribution in [0.1, 0.15) is 27.6 Å². The van der Waals surface area contributed by atoms with E-state index in [4.69, 9.17) is 9.15 Å². The first kappa shape index (κ1) is 17.2. The molecule has 1 heterocycles. The Kier molecular flexibility index (Phi) is 4.70. The van der Waals surface area contributed by atoms with Gasteiger partial charge < -0.3 is 19.6 Å². The van der Waals surface area contributed by atoms with Crippen LogP contribution in [0.2, 0.25) is 0 Å². The van der Waals surface area contributed by atoms with Crippen molar-refractivity contribution < 1.29 is 23.8 Å². The molecule has 0 spiro atoms. The maximum atomic E-state index is 12.4. The van der Waals surface area contributed by atoms with Crippen LogP contribution in [0.25, 0.3) is 11.0 Å². The third-order valence-corrected chi connectivity index (χ3v) is 3.62. The topological polar surface area (TPSA) is 106 Å². The molecule has 0 saturated carbocycles. The highest BCUT2D eigenvalue weighted by Crippen LogP contribution is 2.20. The summed E-state index contributed by atoms with van der Waals surface area (Å²) in [5.74, 6) is -1.14. The van der Waals surface area contributed by atoms with Gasteiger partial charge in [-0.05, 0) is 49.4 Å². The Morgan fingerprint density at radius 2 is 1.85 bits per heavy atom. The number of aromatic hydroxyl groups is 1. The predicted molar refractivity (Wildman–Crippen MR) is 94.5 cm³/mol. The summed E-state index contributed by atoms with van der Waals surface area (Å²) in [7, 11) is 0. The van der Waals surface area contributed by atoms with Gasteiger partial charge in [-0.15, -0.1) is 0 Å². The number of hydrogen-bond acceptors (Lipinski definition) is 6. The molecule has 26 heavy (non-hydrogen) atoms. The van der Waals surface area contributed by atoms with E-state index in [2.05, 4.69) is 5.32 Å². The fraction of sp³-hybridized carbons (Fsp3) is 0.105. The number of fused-ring (bicyclic) bond motifs is 1. The molecule has 132 valence electrons. The van der Waals surface area contributed by atoms with E-state index in [1.54, 1.807) is 13.0 Å². The summed E-state index contributed by atoms with van der Waals surface area (Å²) in [5.41, 5.74) is -0.0325. The van der Waals surface area contributed by atoms with E-state index in [-0.39, 0.29) is 23.5 Å². The average Bonchev–Trinajstić information content (AvgIpc) is 2.61. The Labute approximate surface area is 147 Å². The van der Waals surface area contributed by atoms with Crippen molar-refractivity contribution in [3.8, 4) is 5.75 Å². The van der Waals surface area contributed by atoms with Crippen LogP contribution in [0.3, 0.4) is 0 Å². The lowest BCUT2D eigenvalue weighted by atomic mass is 10.1. The van der Waals surface area contributed by atoms with Crippen LogP contribution in [0.5, 0.6) is 5.75 Å². The fourth-order valence-electron chi connectivity index (χ4n) is 2.36. The molecule has 0 bridgehead atoms. The first-order valence-electron chi connectivity index (χ1n) is 7.83. The number of anilines is 1. The van der Waals surface area contributed by atoms with Gasteiger partial charge in [-0.3, -0.25) is 4.79 Å². The van der Waals surface area contributed by atoms with Gasteiger partial charge in [-0.2, -0.15) is 0 Å². The molecule has 0 fully saturated rings. The molecule has 2 aromatic carbocycles. The van der Waals surface area contributed by atoms with Crippen LogP contribution in [0, 0.1) is 0 Å². The van der Waals surface area contributed by atoms with Crippen LogP contribution in [0.15, 0.2) is 57.7 Å². The summed E-state index contributed by atoms with van der Waals surface area (Å²) in [6, 6.07) is 11.8. The number of benzene rings is 2. The second-order valence-corrected chi connectivity index (χ2v) is 5.42. The quantitative estimate of drug-likeness (QED) is 0.552. The number of esters is 1. The lowest BCUT2D eigenvalue weighted by molar-refractivity contribution is 0.0526. The number of hydrogen-bond donors (Lipinski definition) is 2. The van der Waals surface area contributed by atoms with Gasteiger partial charge in [0.15, 0.2) is 0 Å². The molecule has 3 aromatic rings. The molecule has 0 unspecified atom stereocenters. The molecule has 0 saturated heterocycles. The van der Waals surface area contributed by atoms with Crippen LogP contribution in [-0.4, -0.2) is 23.6 Å². The third kappa shape index (κ3) is 3.56. The number of rotatable bonds is 4.